The molecule has 10 heteroatoms. The van der Waals surface area contributed by atoms with E-state index in [1.54, 1.807) is 41.1 Å². The first kappa shape index (κ1) is 21.9. The third-order valence-corrected chi connectivity index (χ3v) is 8.12. The minimum Gasteiger partial charge on any atom is -0.349 e. The second kappa shape index (κ2) is 8.33. The van der Waals surface area contributed by atoms with Crippen molar-refractivity contribution in [3.05, 3.63) is 52.2 Å². The van der Waals surface area contributed by atoms with Gasteiger partial charge >= 0.3 is 0 Å². The number of sulfonamides is 1. The number of pyridine rings is 1. The number of benzene rings is 1. The zero-order valence-corrected chi connectivity index (χ0v) is 19.5. The predicted molar refractivity (Wildman–Crippen MR) is 121 cm³/mol. The Morgan fingerprint density at radius 1 is 1.23 bits per heavy atom. The normalized spacial score (nSPS) is 14.4. The molecule has 0 atom stereocenters. The summed E-state index contributed by atoms with van der Waals surface area (Å²) in [5.74, 6) is -0.238. The van der Waals surface area contributed by atoms with Crippen molar-refractivity contribution >= 4 is 33.6 Å². The molecule has 0 bridgehead atoms. The fraction of sp³-hybridized carbons (Fsp3) is 0.429. The maximum absolute atomic E-state index is 14.7. The monoisotopic (exact) mass is 463 g/mol. The fourth-order valence-corrected chi connectivity index (χ4v) is 5.88. The maximum Gasteiger partial charge on any atom is 0.244 e. The summed E-state index contributed by atoms with van der Waals surface area (Å²) in [5.41, 5.74) is 3.04. The van der Waals surface area contributed by atoms with Gasteiger partial charge in [0.25, 0.3) is 0 Å². The molecular weight excluding hydrogens is 437 g/mol. The molecule has 0 spiro atoms. The largest absolute Gasteiger partial charge is 0.349 e. The molecule has 1 aliphatic rings. The molecular formula is C21H26FN5O2S2. The van der Waals surface area contributed by atoms with Crippen LogP contribution in [-0.4, -0.2) is 46.5 Å². The van der Waals surface area contributed by atoms with Crippen molar-refractivity contribution in [2.45, 2.75) is 45.2 Å². The molecule has 7 nitrogen and oxygen atoms in total. The first-order valence-corrected chi connectivity index (χ1v) is 12.2. The Balaban J connectivity index is 1.72. The number of aryl methyl sites for hydroxylation is 2. The molecule has 1 aliphatic heterocycles. The highest BCUT2D eigenvalue weighted by molar-refractivity contribution is 7.89. The molecule has 3 aromatic rings. The van der Waals surface area contributed by atoms with Gasteiger partial charge in [0.2, 0.25) is 14.8 Å². The lowest BCUT2D eigenvalue weighted by atomic mass is 9.99. The average Bonchev–Trinajstić information content (AvgIpc) is 3.03. The molecule has 0 amide bonds. The molecule has 0 N–H and O–H groups in total. The van der Waals surface area contributed by atoms with Crippen LogP contribution in [0.15, 0.2) is 35.4 Å². The van der Waals surface area contributed by atoms with Crippen molar-refractivity contribution in [3.8, 4) is 0 Å². The van der Waals surface area contributed by atoms with Crippen LogP contribution < -0.4 is 4.90 Å². The molecule has 0 fully saturated rings. The van der Waals surface area contributed by atoms with Gasteiger partial charge in [-0.2, -0.15) is 9.40 Å². The van der Waals surface area contributed by atoms with E-state index >= 15 is 0 Å². The first-order chi connectivity index (χ1) is 14.8. The van der Waals surface area contributed by atoms with E-state index in [-0.39, 0.29) is 10.7 Å². The Labute approximate surface area is 186 Å². The maximum atomic E-state index is 14.7. The lowest BCUT2D eigenvalue weighted by Gasteiger charge is -2.31. The van der Waals surface area contributed by atoms with Crippen molar-refractivity contribution in [3.63, 3.8) is 0 Å². The number of fused-ring (bicyclic) bond motifs is 2. The quantitative estimate of drug-likeness (QED) is 0.521. The summed E-state index contributed by atoms with van der Waals surface area (Å²) in [6.07, 6.45) is 3.28. The molecule has 31 heavy (non-hydrogen) atoms. The molecule has 0 unspecified atom stereocenters. The number of halogens is 1. The number of aromatic nitrogens is 3. The Morgan fingerprint density at radius 3 is 2.68 bits per heavy atom. The lowest BCUT2D eigenvalue weighted by molar-refractivity contribution is 0.445. The van der Waals surface area contributed by atoms with Gasteiger partial charge in [-0.25, -0.2) is 17.5 Å². The average molecular weight is 464 g/mol. The third kappa shape index (κ3) is 3.88. The van der Waals surface area contributed by atoms with E-state index in [2.05, 4.69) is 5.10 Å². The zero-order chi connectivity index (χ0) is 22.3. The molecule has 0 saturated heterocycles. The summed E-state index contributed by atoms with van der Waals surface area (Å²) in [7, 11) is -3.61. The van der Waals surface area contributed by atoms with Crippen molar-refractivity contribution in [1.82, 2.24) is 18.5 Å². The standard InChI is InChI=1S/C21H26FN5O2S2/c1-4-25(5-2)31(28,29)17-8-9-19-23-27(21(30)26(19)13-17)14-24-10-6-7-16-11-15(3)12-18(22)20(16)24/h8-9,11-13H,4-7,10,14H2,1-3H3. The summed E-state index contributed by atoms with van der Waals surface area (Å²) in [5, 5.41) is 4.54. The number of hydrogen-bond acceptors (Lipinski definition) is 5. The Morgan fingerprint density at radius 2 is 1.97 bits per heavy atom. The van der Waals surface area contributed by atoms with E-state index in [0.717, 1.165) is 24.0 Å². The molecule has 0 radical (unpaired) electrons. The minimum atomic E-state index is -3.61. The summed E-state index contributed by atoms with van der Waals surface area (Å²) >= 11 is 5.59. The highest BCUT2D eigenvalue weighted by Crippen LogP contribution is 2.31. The first-order valence-electron chi connectivity index (χ1n) is 10.4. The van der Waals surface area contributed by atoms with Crippen LogP contribution in [0.25, 0.3) is 5.65 Å². The van der Waals surface area contributed by atoms with Crippen molar-refractivity contribution in [2.75, 3.05) is 24.5 Å². The fourth-order valence-electron chi connectivity index (χ4n) is 4.18. The van der Waals surface area contributed by atoms with Crippen LogP contribution in [-0.2, 0) is 23.1 Å². The molecule has 2 aromatic heterocycles. The SMILES string of the molecule is CCN(CC)S(=O)(=O)c1ccc2nn(CN3CCCc4cc(C)cc(F)c43)c(=S)n2c1. The molecule has 1 aromatic carbocycles. The van der Waals surface area contributed by atoms with Crippen molar-refractivity contribution < 1.29 is 12.8 Å². The zero-order valence-electron chi connectivity index (χ0n) is 17.9. The van der Waals surface area contributed by atoms with Gasteiger partial charge in [0.1, 0.15) is 12.5 Å². The second-order valence-corrected chi connectivity index (χ2v) is 10.0. The highest BCUT2D eigenvalue weighted by atomic mass is 32.2. The van der Waals surface area contributed by atoms with Gasteiger partial charge < -0.3 is 4.90 Å². The molecule has 0 aliphatic carbocycles. The Hall–Kier alpha value is -2.30. The summed E-state index contributed by atoms with van der Waals surface area (Å²) in [6, 6.07) is 6.77. The molecule has 0 saturated carbocycles. The number of hydrogen-bond donors (Lipinski definition) is 0. The van der Waals surface area contributed by atoms with Gasteiger partial charge in [0.15, 0.2) is 5.65 Å². The van der Waals surface area contributed by atoms with Gasteiger partial charge in [-0.05, 0) is 61.3 Å². The van der Waals surface area contributed by atoms with Crippen LogP contribution in [0.4, 0.5) is 10.1 Å². The number of rotatable bonds is 6. The van der Waals surface area contributed by atoms with Crippen molar-refractivity contribution in [1.29, 1.82) is 0 Å². The van der Waals surface area contributed by atoms with E-state index in [1.807, 2.05) is 17.9 Å². The lowest BCUT2D eigenvalue weighted by Crippen LogP contribution is -2.33. The van der Waals surface area contributed by atoms with Crippen LogP contribution >= 0.6 is 12.2 Å². The summed E-state index contributed by atoms with van der Waals surface area (Å²) in [6.45, 7) is 7.28. The minimum absolute atomic E-state index is 0.171. The van der Waals surface area contributed by atoms with E-state index in [9.17, 15) is 12.8 Å². The number of nitrogens with zero attached hydrogens (tertiary/aromatic N) is 5. The Kier molecular flexibility index (Phi) is 5.89. The van der Waals surface area contributed by atoms with Crippen LogP contribution in [0.5, 0.6) is 0 Å². The molecule has 3 heterocycles. The van der Waals surface area contributed by atoms with Gasteiger partial charge in [0.05, 0.1) is 10.6 Å². The van der Waals surface area contributed by atoms with Gasteiger partial charge in [0, 0.05) is 25.8 Å². The van der Waals surface area contributed by atoms with E-state index in [1.165, 1.54) is 10.5 Å². The molecule has 166 valence electrons. The second-order valence-electron chi connectivity index (χ2n) is 7.73. The van der Waals surface area contributed by atoms with Crippen LogP contribution in [0.1, 0.15) is 31.4 Å². The van der Waals surface area contributed by atoms with Crippen LogP contribution in [0.2, 0.25) is 0 Å². The van der Waals surface area contributed by atoms with Crippen molar-refractivity contribution in [2.24, 2.45) is 0 Å². The van der Waals surface area contributed by atoms with E-state index in [4.69, 9.17) is 12.2 Å². The number of anilines is 1. The smallest absolute Gasteiger partial charge is 0.244 e. The predicted octanol–water partition coefficient (Wildman–Crippen LogP) is 3.75. The van der Waals surface area contributed by atoms with Crippen LogP contribution in [0, 0.1) is 17.5 Å². The summed E-state index contributed by atoms with van der Waals surface area (Å²) in [4.78, 5) is 2.12. The van der Waals surface area contributed by atoms with Gasteiger partial charge in [-0.3, -0.25) is 4.40 Å². The van der Waals surface area contributed by atoms with Gasteiger partial charge in [-0.15, -0.1) is 0 Å². The van der Waals surface area contributed by atoms with Crippen LogP contribution in [0.3, 0.4) is 0 Å². The van der Waals surface area contributed by atoms with Gasteiger partial charge in [-0.1, -0.05) is 19.9 Å². The Bertz CT molecular complexity index is 1300. The summed E-state index contributed by atoms with van der Waals surface area (Å²) < 4.78 is 45.5. The molecule has 4 rings (SSSR count). The highest BCUT2D eigenvalue weighted by Gasteiger charge is 2.24. The van der Waals surface area contributed by atoms with E-state index in [0.29, 0.717) is 42.4 Å². The third-order valence-electron chi connectivity index (χ3n) is 5.67. The topological polar surface area (TPSA) is 62.9 Å². The van der Waals surface area contributed by atoms with E-state index < -0.39 is 10.0 Å².